The number of ether oxygens (including phenoxy) is 1. The summed E-state index contributed by atoms with van der Waals surface area (Å²) < 4.78 is 31.3. The molecular weight excluding hydrogens is 438 g/mol. The lowest BCUT2D eigenvalue weighted by atomic mass is 9.81. The third-order valence-electron chi connectivity index (χ3n) is 7.04. The van der Waals surface area contributed by atoms with Crippen LogP contribution >= 0.6 is 0 Å². The molecule has 1 fully saturated rings. The third-order valence-corrected chi connectivity index (χ3v) is 7.95. The number of sulfonamides is 1. The summed E-state index contributed by atoms with van der Waals surface area (Å²) >= 11 is 0. The smallest absolute Gasteiger partial charge is 0.238 e. The second-order valence-electron chi connectivity index (χ2n) is 9.13. The molecule has 0 bridgehead atoms. The van der Waals surface area contributed by atoms with Crippen LogP contribution in [0.3, 0.4) is 0 Å². The van der Waals surface area contributed by atoms with E-state index < -0.39 is 10.0 Å². The zero-order chi connectivity index (χ0) is 23.0. The highest BCUT2D eigenvalue weighted by Gasteiger charge is 2.33. The lowest BCUT2D eigenvalue weighted by Crippen LogP contribution is -2.30. The Morgan fingerprint density at radius 3 is 2.70 bits per heavy atom. The van der Waals surface area contributed by atoms with Crippen molar-refractivity contribution in [3.05, 3.63) is 72.2 Å². The average Bonchev–Trinajstić information content (AvgIpc) is 3.40. The summed E-state index contributed by atoms with van der Waals surface area (Å²) in [5.41, 5.74) is 4.37. The van der Waals surface area contributed by atoms with Gasteiger partial charge in [-0.1, -0.05) is 36.4 Å². The first-order valence-electron chi connectivity index (χ1n) is 11.4. The van der Waals surface area contributed by atoms with Gasteiger partial charge in [-0.15, -0.1) is 0 Å². The van der Waals surface area contributed by atoms with Crippen LogP contribution in [0.25, 0.3) is 11.3 Å². The zero-order valence-corrected chi connectivity index (χ0v) is 19.2. The van der Waals surface area contributed by atoms with Crippen LogP contribution in [0, 0.1) is 5.92 Å². The van der Waals surface area contributed by atoms with E-state index in [1.807, 2.05) is 24.7 Å². The van der Waals surface area contributed by atoms with E-state index in [0.717, 1.165) is 36.9 Å². The number of nitrogens with two attached hydrogens (primary N) is 1. The van der Waals surface area contributed by atoms with E-state index in [-0.39, 0.29) is 29.1 Å². The molecule has 33 heavy (non-hydrogen) atoms. The number of nitrogens with zero attached hydrogens (tertiary/aromatic N) is 2. The molecular formula is C25H29N3O4S. The van der Waals surface area contributed by atoms with E-state index in [2.05, 4.69) is 27.8 Å². The van der Waals surface area contributed by atoms with Gasteiger partial charge in [0.25, 0.3) is 0 Å². The minimum Gasteiger partial charge on any atom is -0.393 e. The van der Waals surface area contributed by atoms with E-state index >= 15 is 0 Å². The van der Waals surface area contributed by atoms with Gasteiger partial charge in [-0.05, 0) is 61.3 Å². The van der Waals surface area contributed by atoms with Crippen LogP contribution in [-0.4, -0.2) is 35.3 Å². The molecule has 2 unspecified atom stereocenters. The van der Waals surface area contributed by atoms with Gasteiger partial charge in [0, 0.05) is 5.56 Å². The van der Waals surface area contributed by atoms with Crippen molar-refractivity contribution in [2.24, 2.45) is 11.1 Å². The Kier molecular flexibility index (Phi) is 6.09. The van der Waals surface area contributed by atoms with Crippen LogP contribution in [0.5, 0.6) is 0 Å². The second-order valence-corrected chi connectivity index (χ2v) is 10.7. The Hall–Kier alpha value is -2.52. The zero-order valence-electron chi connectivity index (χ0n) is 18.4. The Labute approximate surface area is 194 Å². The van der Waals surface area contributed by atoms with E-state index in [4.69, 9.17) is 9.88 Å². The topological polar surface area (TPSA) is 107 Å². The van der Waals surface area contributed by atoms with Gasteiger partial charge >= 0.3 is 0 Å². The molecule has 2 aromatic carbocycles. The lowest BCUT2D eigenvalue weighted by molar-refractivity contribution is -0.0160. The number of aliphatic hydroxyl groups excluding tert-OH is 1. The van der Waals surface area contributed by atoms with Crippen molar-refractivity contribution in [1.82, 2.24) is 9.55 Å². The van der Waals surface area contributed by atoms with Gasteiger partial charge in [0.15, 0.2) is 0 Å². The molecule has 2 heterocycles. The molecule has 0 saturated heterocycles. The normalized spacial score (nSPS) is 23.2. The molecule has 1 aliphatic heterocycles. The highest BCUT2D eigenvalue weighted by Crippen LogP contribution is 2.42. The summed E-state index contributed by atoms with van der Waals surface area (Å²) in [6.07, 6.45) is 7.75. The van der Waals surface area contributed by atoms with E-state index in [1.54, 1.807) is 12.1 Å². The van der Waals surface area contributed by atoms with Gasteiger partial charge in [-0.25, -0.2) is 18.5 Å². The fourth-order valence-electron chi connectivity index (χ4n) is 5.26. The number of fused-ring (bicyclic) bond motifs is 3. The molecule has 7 nitrogen and oxygen atoms in total. The summed E-state index contributed by atoms with van der Waals surface area (Å²) in [6.45, 7) is 0.351. The summed E-state index contributed by atoms with van der Waals surface area (Å²) in [6, 6.07) is 15.1. The van der Waals surface area contributed by atoms with Gasteiger partial charge in [0.1, 0.15) is 0 Å². The number of aromatic nitrogens is 2. The molecule has 2 aliphatic rings. The standard InChI is InChI=1S/C25H29N3O4S/c26-33(30,31)20-5-3-4-17(12-20)15-32-19-10-8-18(9-11-19)25(29)13-23-21-6-1-2-7-22(21)24-14-27-16-28(23)24/h1-7,12,14,16,18-19,23,25,29H,8-11,13,15H2,(H2,26,30,31)/t18-,19-,23?,25?. The maximum Gasteiger partial charge on any atom is 0.238 e. The van der Waals surface area contributed by atoms with Crippen molar-refractivity contribution in [2.75, 3.05) is 0 Å². The van der Waals surface area contributed by atoms with E-state index in [1.165, 1.54) is 17.2 Å². The Balaban J connectivity index is 1.15. The fraction of sp³-hybridized carbons (Fsp3) is 0.400. The van der Waals surface area contributed by atoms with Crippen LogP contribution in [0.4, 0.5) is 0 Å². The summed E-state index contributed by atoms with van der Waals surface area (Å²) in [7, 11) is -3.72. The fourth-order valence-corrected chi connectivity index (χ4v) is 5.84. The molecule has 1 aliphatic carbocycles. The molecule has 0 radical (unpaired) electrons. The number of primary sulfonamides is 1. The van der Waals surface area contributed by atoms with Crippen molar-refractivity contribution in [2.45, 2.75) is 61.9 Å². The maximum atomic E-state index is 11.5. The molecule has 3 N–H and O–H groups in total. The van der Waals surface area contributed by atoms with Crippen molar-refractivity contribution >= 4 is 10.0 Å². The predicted octanol–water partition coefficient (Wildman–Crippen LogP) is 3.63. The molecule has 0 amide bonds. The minimum absolute atomic E-state index is 0.102. The Morgan fingerprint density at radius 2 is 1.91 bits per heavy atom. The highest BCUT2D eigenvalue weighted by atomic mass is 32.2. The van der Waals surface area contributed by atoms with Crippen molar-refractivity contribution in [3.63, 3.8) is 0 Å². The van der Waals surface area contributed by atoms with E-state index in [9.17, 15) is 13.5 Å². The minimum atomic E-state index is -3.72. The Morgan fingerprint density at radius 1 is 1.12 bits per heavy atom. The summed E-state index contributed by atoms with van der Waals surface area (Å²) in [5, 5.41) is 16.3. The molecule has 2 atom stereocenters. The number of aliphatic hydroxyl groups is 1. The van der Waals surface area contributed by atoms with Crippen molar-refractivity contribution in [3.8, 4) is 11.3 Å². The molecule has 0 spiro atoms. The molecule has 1 aromatic heterocycles. The van der Waals surface area contributed by atoms with E-state index in [0.29, 0.717) is 13.0 Å². The molecule has 3 aromatic rings. The van der Waals surface area contributed by atoms with Crippen molar-refractivity contribution < 1.29 is 18.3 Å². The first-order valence-corrected chi connectivity index (χ1v) is 13.0. The quantitative estimate of drug-likeness (QED) is 0.552. The largest absolute Gasteiger partial charge is 0.393 e. The van der Waals surface area contributed by atoms with Gasteiger partial charge in [-0.3, -0.25) is 0 Å². The molecule has 174 valence electrons. The van der Waals surface area contributed by atoms with Gasteiger partial charge in [0.2, 0.25) is 10.0 Å². The van der Waals surface area contributed by atoms with Crippen LogP contribution in [0.1, 0.15) is 49.3 Å². The first-order chi connectivity index (χ1) is 15.9. The molecule has 1 saturated carbocycles. The number of rotatable bonds is 7. The van der Waals surface area contributed by atoms with Gasteiger partial charge < -0.3 is 14.4 Å². The molecule has 5 rings (SSSR count). The van der Waals surface area contributed by atoms with Crippen LogP contribution in [0.15, 0.2) is 66.0 Å². The van der Waals surface area contributed by atoms with Gasteiger partial charge in [0.05, 0.1) is 48.0 Å². The average molecular weight is 468 g/mol. The SMILES string of the molecule is NS(=O)(=O)c1cccc(CO[C@H]2CC[C@H](C(O)CC3c4ccccc4-c4cncn43)CC2)c1. The lowest BCUT2D eigenvalue weighted by Gasteiger charge is -2.32. The van der Waals surface area contributed by atoms with Crippen LogP contribution in [0.2, 0.25) is 0 Å². The number of hydrogen-bond donors (Lipinski definition) is 2. The van der Waals surface area contributed by atoms with Crippen LogP contribution < -0.4 is 5.14 Å². The summed E-state index contributed by atoms with van der Waals surface area (Å²) in [4.78, 5) is 4.41. The number of benzene rings is 2. The third kappa shape index (κ3) is 4.61. The van der Waals surface area contributed by atoms with Gasteiger partial charge in [-0.2, -0.15) is 0 Å². The van der Waals surface area contributed by atoms with Crippen molar-refractivity contribution in [1.29, 1.82) is 0 Å². The highest BCUT2D eigenvalue weighted by molar-refractivity contribution is 7.89. The predicted molar refractivity (Wildman–Crippen MR) is 125 cm³/mol. The molecule has 8 heteroatoms. The number of imidazole rings is 1. The number of hydrogen-bond acceptors (Lipinski definition) is 5. The maximum absolute atomic E-state index is 11.5. The summed E-state index contributed by atoms with van der Waals surface area (Å²) in [5.74, 6) is 0.246. The monoisotopic (exact) mass is 467 g/mol. The Bertz CT molecular complexity index is 1230. The first kappa shape index (κ1) is 22.3. The second kappa shape index (κ2) is 9.02. The van der Waals surface area contributed by atoms with Crippen LogP contribution in [-0.2, 0) is 21.4 Å².